The maximum absolute atomic E-state index is 12.3. The quantitative estimate of drug-likeness (QED) is 0.781. The van der Waals surface area contributed by atoms with Crippen LogP contribution in [0.2, 0.25) is 0 Å². The molecule has 1 amide bonds. The lowest BCUT2D eigenvalue weighted by molar-refractivity contribution is -0.119. The summed E-state index contributed by atoms with van der Waals surface area (Å²) in [6.07, 6.45) is 8.52. The Morgan fingerprint density at radius 2 is 2.06 bits per heavy atom. The van der Waals surface area contributed by atoms with Gasteiger partial charge in [-0.1, -0.05) is 36.4 Å². The van der Waals surface area contributed by atoms with Crippen molar-refractivity contribution in [2.45, 2.75) is 25.2 Å². The van der Waals surface area contributed by atoms with Crippen LogP contribution in [0.15, 0.2) is 48.1 Å². The smallest absolute Gasteiger partial charge is 0.239 e. The number of carbonyl (C=O) groups excluding carboxylic acids is 1. The van der Waals surface area contributed by atoms with E-state index in [0.29, 0.717) is 0 Å². The van der Waals surface area contributed by atoms with E-state index in [0.717, 1.165) is 29.7 Å². The SMILES string of the molecule is CC1(C2=CCCC=C2)C(=O)Nc2ccccc21. The molecule has 2 nitrogen and oxygen atoms in total. The van der Waals surface area contributed by atoms with Gasteiger partial charge in [0.25, 0.3) is 0 Å². The second-order valence-electron chi connectivity index (χ2n) is 4.76. The van der Waals surface area contributed by atoms with Gasteiger partial charge in [0.1, 0.15) is 0 Å². The number of carbonyl (C=O) groups is 1. The molecule has 0 bridgehead atoms. The van der Waals surface area contributed by atoms with E-state index >= 15 is 0 Å². The van der Waals surface area contributed by atoms with E-state index in [1.165, 1.54) is 0 Å². The average Bonchev–Trinajstić information content (AvgIpc) is 2.64. The molecule has 1 aromatic carbocycles. The number of anilines is 1. The van der Waals surface area contributed by atoms with Crippen LogP contribution >= 0.6 is 0 Å². The Morgan fingerprint density at radius 1 is 1.24 bits per heavy atom. The van der Waals surface area contributed by atoms with Gasteiger partial charge in [0.2, 0.25) is 5.91 Å². The molecule has 0 spiro atoms. The minimum atomic E-state index is -0.520. The minimum absolute atomic E-state index is 0.0801. The fourth-order valence-electron chi connectivity index (χ4n) is 2.67. The zero-order valence-electron chi connectivity index (χ0n) is 9.86. The number of nitrogens with one attached hydrogen (secondary N) is 1. The van der Waals surface area contributed by atoms with E-state index in [9.17, 15) is 4.79 Å². The summed E-state index contributed by atoms with van der Waals surface area (Å²) in [5, 5.41) is 2.97. The maximum atomic E-state index is 12.3. The van der Waals surface area contributed by atoms with Gasteiger partial charge in [0.15, 0.2) is 0 Å². The first kappa shape index (κ1) is 10.3. The van der Waals surface area contributed by atoms with Crippen LogP contribution in [0, 0.1) is 0 Å². The largest absolute Gasteiger partial charge is 0.325 e. The van der Waals surface area contributed by atoms with Crippen molar-refractivity contribution >= 4 is 11.6 Å². The van der Waals surface area contributed by atoms with Crippen molar-refractivity contribution in [3.05, 3.63) is 53.6 Å². The lowest BCUT2D eigenvalue weighted by atomic mass is 9.75. The molecular formula is C15H15NO. The van der Waals surface area contributed by atoms with Crippen molar-refractivity contribution < 1.29 is 4.79 Å². The molecule has 2 aliphatic rings. The number of allylic oxidation sites excluding steroid dienone is 3. The molecule has 1 aliphatic carbocycles. The van der Waals surface area contributed by atoms with Crippen LogP contribution in [-0.4, -0.2) is 5.91 Å². The highest BCUT2D eigenvalue weighted by Gasteiger charge is 2.44. The first-order chi connectivity index (χ1) is 8.23. The Hall–Kier alpha value is -1.83. The van der Waals surface area contributed by atoms with E-state index in [-0.39, 0.29) is 5.91 Å². The van der Waals surface area contributed by atoms with Gasteiger partial charge in [-0.05, 0) is 37.0 Å². The van der Waals surface area contributed by atoms with Crippen LogP contribution in [0.1, 0.15) is 25.3 Å². The fourth-order valence-corrected chi connectivity index (χ4v) is 2.67. The molecule has 0 saturated carbocycles. The van der Waals surface area contributed by atoms with Crippen LogP contribution < -0.4 is 5.32 Å². The van der Waals surface area contributed by atoms with Crippen molar-refractivity contribution in [2.24, 2.45) is 0 Å². The van der Waals surface area contributed by atoms with Crippen molar-refractivity contribution in [1.29, 1.82) is 0 Å². The summed E-state index contributed by atoms with van der Waals surface area (Å²) in [7, 11) is 0. The number of hydrogen-bond acceptors (Lipinski definition) is 1. The molecule has 1 heterocycles. The van der Waals surface area contributed by atoms with Gasteiger partial charge in [-0.15, -0.1) is 0 Å². The average molecular weight is 225 g/mol. The number of amides is 1. The van der Waals surface area contributed by atoms with Crippen LogP contribution in [-0.2, 0) is 10.2 Å². The summed E-state index contributed by atoms with van der Waals surface area (Å²) in [6, 6.07) is 7.95. The molecule has 0 radical (unpaired) electrons. The van der Waals surface area contributed by atoms with Crippen LogP contribution in [0.5, 0.6) is 0 Å². The molecule has 0 fully saturated rings. The molecular weight excluding hydrogens is 210 g/mol. The maximum Gasteiger partial charge on any atom is 0.239 e. The second-order valence-corrected chi connectivity index (χ2v) is 4.76. The topological polar surface area (TPSA) is 29.1 Å². The summed E-state index contributed by atoms with van der Waals surface area (Å²) >= 11 is 0. The lowest BCUT2D eigenvalue weighted by Gasteiger charge is -2.25. The van der Waals surface area contributed by atoms with E-state index in [4.69, 9.17) is 0 Å². The Morgan fingerprint density at radius 3 is 2.82 bits per heavy atom. The molecule has 0 saturated heterocycles. The number of benzene rings is 1. The van der Waals surface area contributed by atoms with E-state index in [2.05, 4.69) is 23.5 Å². The highest BCUT2D eigenvalue weighted by Crippen LogP contribution is 2.43. The Labute approximate surface area is 101 Å². The van der Waals surface area contributed by atoms with E-state index < -0.39 is 5.41 Å². The van der Waals surface area contributed by atoms with Gasteiger partial charge in [-0.3, -0.25) is 4.79 Å². The molecule has 2 heteroatoms. The first-order valence-corrected chi connectivity index (χ1v) is 6.01. The Bertz CT molecular complexity index is 542. The van der Waals surface area contributed by atoms with Gasteiger partial charge in [-0.25, -0.2) is 0 Å². The third-order valence-electron chi connectivity index (χ3n) is 3.74. The third-order valence-corrected chi connectivity index (χ3v) is 3.74. The third kappa shape index (κ3) is 1.37. The van der Waals surface area contributed by atoms with Crippen molar-refractivity contribution in [3.63, 3.8) is 0 Å². The Balaban J connectivity index is 2.16. The molecule has 1 atom stereocenters. The molecule has 17 heavy (non-hydrogen) atoms. The molecule has 0 aromatic heterocycles. The van der Waals surface area contributed by atoms with Crippen molar-refractivity contribution in [2.75, 3.05) is 5.32 Å². The number of rotatable bonds is 1. The molecule has 1 aliphatic heterocycles. The highest BCUT2D eigenvalue weighted by molar-refractivity contribution is 6.08. The zero-order valence-corrected chi connectivity index (χ0v) is 9.86. The van der Waals surface area contributed by atoms with Crippen molar-refractivity contribution in [3.8, 4) is 0 Å². The normalized spacial score (nSPS) is 26.4. The monoisotopic (exact) mass is 225 g/mol. The second kappa shape index (κ2) is 3.59. The number of fused-ring (bicyclic) bond motifs is 1. The van der Waals surface area contributed by atoms with Crippen LogP contribution in [0.25, 0.3) is 0 Å². The number of para-hydroxylation sites is 1. The minimum Gasteiger partial charge on any atom is -0.325 e. The van der Waals surface area contributed by atoms with Gasteiger partial charge in [-0.2, -0.15) is 0 Å². The predicted molar refractivity (Wildman–Crippen MR) is 68.9 cm³/mol. The summed E-state index contributed by atoms with van der Waals surface area (Å²) in [4.78, 5) is 12.3. The van der Waals surface area contributed by atoms with Gasteiger partial charge >= 0.3 is 0 Å². The highest BCUT2D eigenvalue weighted by atomic mass is 16.2. The summed E-state index contributed by atoms with van der Waals surface area (Å²) < 4.78 is 0. The number of hydrogen-bond donors (Lipinski definition) is 1. The zero-order chi connectivity index (χ0) is 11.9. The van der Waals surface area contributed by atoms with Crippen LogP contribution in [0.3, 0.4) is 0 Å². The lowest BCUT2D eigenvalue weighted by Crippen LogP contribution is -2.33. The Kier molecular flexibility index (Phi) is 2.18. The molecule has 86 valence electrons. The fraction of sp³-hybridized carbons (Fsp3) is 0.267. The summed E-state index contributed by atoms with van der Waals surface area (Å²) in [5.74, 6) is 0.0801. The summed E-state index contributed by atoms with van der Waals surface area (Å²) in [5.41, 5.74) is 2.63. The molecule has 1 unspecified atom stereocenters. The van der Waals surface area contributed by atoms with Gasteiger partial charge < -0.3 is 5.32 Å². The predicted octanol–water partition coefficient (Wildman–Crippen LogP) is 3.17. The van der Waals surface area contributed by atoms with Gasteiger partial charge in [0.05, 0.1) is 5.41 Å². The van der Waals surface area contributed by atoms with E-state index in [1.54, 1.807) is 0 Å². The van der Waals surface area contributed by atoms with Crippen molar-refractivity contribution in [1.82, 2.24) is 0 Å². The molecule has 1 aromatic rings. The standard InChI is InChI=1S/C15H15NO/c1-15(11-7-3-2-4-8-11)12-9-5-6-10-13(12)16-14(15)17/h3,5-10H,2,4H2,1H3,(H,16,17). The van der Waals surface area contributed by atoms with Gasteiger partial charge in [0, 0.05) is 5.69 Å². The molecule has 3 rings (SSSR count). The molecule has 1 N–H and O–H groups in total. The summed E-state index contributed by atoms with van der Waals surface area (Å²) in [6.45, 7) is 2.01. The van der Waals surface area contributed by atoms with E-state index in [1.807, 2.05) is 31.2 Å². The van der Waals surface area contributed by atoms with Crippen LogP contribution in [0.4, 0.5) is 5.69 Å². The first-order valence-electron chi connectivity index (χ1n) is 6.01.